The van der Waals surface area contributed by atoms with Crippen LogP contribution in [0, 0.1) is 11.3 Å². The van der Waals surface area contributed by atoms with Crippen LogP contribution >= 0.6 is 11.3 Å². The van der Waals surface area contributed by atoms with E-state index in [1.807, 2.05) is 11.8 Å². The first-order chi connectivity index (χ1) is 16.1. The maximum Gasteiger partial charge on any atom is 0.417 e. The Morgan fingerprint density at radius 1 is 1.26 bits per heavy atom. The van der Waals surface area contributed by atoms with Crippen LogP contribution in [0.2, 0.25) is 0 Å². The molecule has 0 radical (unpaired) electrons. The van der Waals surface area contributed by atoms with Crippen molar-refractivity contribution in [3.8, 4) is 0 Å². The third kappa shape index (κ3) is 4.18. The van der Waals surface area contributed by atoms with Gasteiger partial charge in [-0.2, -0.15) is 13.2 Å². The summed E-state index contributed by atoms with van der Waals surface area (Å²) >= 11 is 0.880. The minimum atomic E-state index is -4.55. The molecule has 1 N–H and O–H groups in total. The molecule has 34 heavy (non-hydrogen) atoms. The monoisotopic (exact) mass is 496 g/mol. The lowest BCUT2D eigenvalue weighted by Crippen LogP contribution is -2.62. The number of rotatable bonds is 4. The largest absolute Gasteiger partial charge is 0.446 e. The fourth-order valence-electron chi connectivity index (χ4n) is 4.98. The third-order valence-corrected chi connectivity index (χ3v) is 8.32. The highest BCUT2D eigenvalue weighted by molar-refractivity contribution is 7.17. The number of nitrogens with one attached hydrogen (secondary N) is 1. The van der Waals surface area contributed by atoms with E-state index in [0.717, 1.165) is 43.1 Å². The molecule has 1 saturated carbocycles. The molecule has 184 valence electrons. The molecule has 11 heteroatoms. The van der Waals surface area contributed by atoms with Crippen molar-refractivity contribution in [3.63, 3.8) is 0 Å². The number of thiophene rings is 1. The highest BCUT2D eigenvalue weighted by Gasteiger charge is 2.48. The van der Waals surface area contributed by atoms with E-state index in [0.29, 0.717) is 32.1 Å². The smallest absolute Gasteiger partial charge is 0.417 e. The van der Waals surface area contributed by atoms with Crippen LogP contribution in [0.5, 0.6) is 0 Å². The molecule has 2 amide bonds. The lowest BCUT2D eigenvalue weighted by atomic mass is 9.72. The van der Waals surface area contributed by atoms with E-state index in [9.17, 15) is 22.8 Å². The van der Waals surface area contributed by atoms with Crippen molar-refractivity contribution in [2.45, 2.75) is 44.9 Å². The van der Waals surface area contributed by atoms with Gasteiger partial charge in [0.2, 0.25) is 0 Å². The number of halogens is 3. The first-order valence-electron chi connectivity index (χ1n) is 11.5. The van der Waals surface area contributed by atoms with Crippen LogP contribution < -0.4 is 10.2 Å². The van der Waals surface area contributed by atoms with Crippen LogP contribution in [-0.4, -0.2) is 61.2 Å². The van der Waals surface area contributed by atoms with Gasteiger partial charge >= 0.3 is 12.3 Å². The molecular weight excluding hydrogens is 469 g/mol. The van der Waals surface area contributed by atoms with Crippen molar-refractivity contribution >= 4 is 39.4 Å². The summed E-state index contributed by atoms with van der Waals surface area (Å²) in [5.41, 5.74) is -0.561. The van der Waals surface area contributed by atoms with E-state index in [1.165, 1.54) is 12.4 Å². The summed E-state index contributed by atoms with van der Waals surface area (Å²) in [5, 5.41) is 3.89. The lowest BCUT2D eigenvalue weighted by Gasteiger charge is -2.53. The van der Waals surface area contributed by atoms with Crippen LogP contribution in [0.1, 0.15) is 48.5 Å². The Morgan fingerprint density at radius 3 is 2.53 bits per heavy atom. The summed E-state index contributed by atoms with van der Waals surface area (Å²) in [7, 11) is 1.44. The number of piperidine rings is 1. The van der Waals surface area contributed by atoms with Crippen LogP contribution in [0.25, 0.3) is 10.2 Å². The molecule has 5 rings (SSSR count). The number of aromatic nitrogens is 1. The first kappa shape index (κ1) is 23.2. The minimum Gasteiger partial charge on any atom is -0.446 e. The molecule has 7 nitrogen and oxygen atoms in total. The van der Waals surface area contributed by atoms with Gasteiger partial charge in [0.15, 0.2) is 0 Å². The number of pyridine rings is 1. The second-order valence-electron chi connectivity index (χ2n) is 9.70. The quantitative estimate of drug-likeness (QED) is 0.674. The van der Waals surface area contributed by atoms with E-state index in [2.05, 4.69) is 10.3 Å². The Morgan fingerprint density at radius 2 is 1.94 bits per heavy atom. The highest BCUT2D eigenvalue weighted by Crippen LogP contribution is 2.44. The van der Waals surface area contributed by atoms with Gasteiger partial charge in [0.1, 0.15) is 11.9 Å². The second-order valence-corrected chi connectivity index (χ2v) is 10.6. The number of hydrogen-bond acceptors (Lipinski definition) is 6. The summed E-state index contributed by atoms with van der Waals surface area (Å²) in [4.78, 5) is 32.6. The van der Waals surface area contributed by atoms with Crippen LogP contribution in [0.15, 0.2) is 11.4 Å². The lowest BCUT2D eigenvalue weighted by molar-refractivity contribution is -0.136. The fraction of sp³-hybridized carbons (Fsp3) is 0.609. The molecule has 2 aromatic rings. The van der Waals surface area contributed by atoms with Gasteiger partial charge in [0.25, 0.3) is 5.91 Å². The van der Waals surface area contributed by atoms with Gasteiger partial charge in [-0.1, -0.05) is 0 Å². The summed E-state index contributed by atoms with van der Waals surface area (Å²) in [6.45, 7) is 4.24. The van der Waals surface area contributed by atoms with Gasteiger partial charge in [0, 0.05) is 44.0 Å². The molecule has 2 aliphatic heterocycles. The van der Waals surface area contributed by atoms with Crippen LogP contribution in [0.4, 0.5) is 23.8 Å². The standard InChI is InChI=1S/C23H27F3N4O3S/c1-13(14-3-4-14)33-21(32)30-11-22(12-30)5-7-29(8-6-22)17-9-16(23(24,25)26)19-18(28-17)15(10-34-19)20(31)27-2/h9-10,13-14H,3-8,11-12H2,1-2H3,(H,27,31). The molecule has 2 aromatic heterocycles. The summed E-state index contributed by atoms with van der Waals surface area (Å²) < 4.78 is 47.0. The zero-order valence-electron chi connectivity index (χ0n) is 19.1. The molecule has 0 aromatic carbocycles. The van der Waals surface area contributed by atoms with Crippen LogP contribution in [0.3, 0.4) is 0 Å². The van der Waals surface area contributed by atoms with Gasteiger partial charge in [-0.25, -0.2) is 9.78 Å². The number of nitrogens with zero attached hydrogens (tertiary/aromatic N) is 3. The highest BCUT2D eigenvalue weighted by atomic mass is 32.1. The molecule has 3 aliphatic rings. The summed E-state index contributed by atoms with van der Waals surface area (Å²) in [6, 6.07) is 1.09. The van der Waals surface area contributed by atoms with Crippen molar-refractivity contribution in [3.05, 3.63) is 22.6 Å². The number of likely N-dealkylation sites (tertiary alicyclic amines) is 1. The van der Waals surface area contributed by atoms with Crippen molar-refractivity contribution < 1.29 is 27.5 Å². The van der Waals surface area contributed by atoms with E-state index in [1.54, 1.807) is 4.90 Å². The Kier molecular flexibility index (Phi) is 5.65. The third-order valence-electron chi connectivity index (χ3n) is 7.32. The number of amides is 2. The first-order valence-corrected chi connectivity index (χ1v) is 12.4. The molecule has 2 saturated heterocycles. The average molecular weight is 497 g/mol. The van der Waals surface area contributed by atoms with E-state index in [-0.39, 0.29) is 39.2 Å². The van der Waals surface area contributed by atoms with Crippen molar-refractivity contribution in [2.75, 3.05) is 38.1 Å². The molecule has 1 atom stereocenters. The fourth-order valence-corrected chi connectivity index (χ4v) is 6.00. The number of alkyl halides is 3. The van der Waals surface area contributed by atoms with Gasteiger partial charge in [-0.15, -0.1) is 11.3 Å². The maximum atomic E-state index is 13.8. The minimum absolute atomic E-state index is 0.0229. The molecule has 1 aliphatic carbocycles. The zero-order valence-corrected chi connectivity index (χ0v) is 19.9. The predicted molar refractivity (Wildman–Crippen MR) is 122 cm³/mol. The Hall–Kier alpha value is -2.56. The number of carbonyl (C=O) groups is 2. The van der Waals surface area contributed by atoms with Gasteiger partial charge in [-0.3, -0.25) is 4.79 Å². The summed E-state index contributed by atoms with van der Waals surface area (Å²) in [5.74, 6) is 0.257. The van der Waals surface area contributed by atoms with Gasteiger partial charge in [0.05, 0.1) is 21.3 Å². The van der Waals surface area contributed by atoms with Gasteiger partial charge < -0.3 is 19.9 Å². The maximum absolute atomic E-state index is 13.8. The van der Waals surface area contributed by atoms with Crippen LogP contribution in [-0.2, 0) is 10.9 Å². The van der Waals surface area contributed by atoms with Gasteiger partial charge in [-0.05, 0) is 44.6 Å². The molecule has 0 bridgehead atoms. The van der Waals surface area contributed by atoms with Crippen molar-refractivity contribution in [1.29, 1.82) is 0 Å². The normalized spacial score (nSPS) is 20.9. The topological polar surface area (TPSA) is 74.8 Å². The van der Waals surface area contributed by atoms with Crippen molar-refractivity contribution in [2.24, 2.45) is 11.3 Å². The molecule has 1 unspecified atom stereocenters. The Balaban J connectivity index is 1.29. The molecule has 1 spiro atoms. The number of carbonyl (C=O) groups excluding carboxylic acids is 2. The van der Waals surface area contributed by atoms with E-state index in [4.69, 9.17) is 4.74 Å². The number of hydrogen-bond donors (Lipinski definition) is 1. The molecular formula is C23H27F3N4O3S. The number of ether oxygens (including phenoxy) is 1. The Labute approximate surface area is 199 Å². The molecule has 3 fully saturated rings. The molecule has 4 heterocycles. The van der Waals surface area contributed by atoms with E-state index < -0.39 is 17.6 Å². The second kappa shape index (κ2) is 8.28. The SMILES string of the molecule is CNC(=O)c1csc2c(C(F)(F)F)cc(N3CCC4(CC3)CN(C(=O)OC(C)C3CC3)C4)nc12. The van der Waals surface area contributed by atoms with E-state index >= 15 is 0 Å². The number of fused-ring (bicyclic) bond motifs is 1. The average Bonchev–Trinajstić information content (AvgIpc) is 3.55. The number of anilines is 1. The van der Waals surface area contributed by atoms with Crippen molar-refractivity contribution in [1.82, 2.24) is 15.2 Å². The zero-order chi connectivity index (χ0) is 24.3. The Bertz CT molecular complexity index is 1110. The summed E-state index contributed by atoms with van der Waals surface area (Å²) in [6.07, 6.45) is -1.14. The predicted octanol–water partition coefficient (Wildman–Crippen LogP) is 4.51.